The zero-order valence-corrected chi connectivity index (χ0v) is 35.3. The first-order chi connectivity index (χ1) is 30.4. The fourth-order valence-corrected chi connectivity index (χ4v) is 9.71. The Balaban J connectivity index is 1.04. The van der Waals surface area contributed by atoms with E-state index in [4.69, 9.17) is 0 Å². The van der Waals surface area contributed by atoms with E-state index in [1.54, 1.807) is 0 Å². The molecule has 296 valence electrons. The fourth-order valence-electron chi connectivity index (χ4n) is 9.71. The number of aryl methyl sites for hydroxylation is 1. The van der Waals surface area contributed by atoms with Crippen molar-refractivity contribution in [1.82, 2.24) is 4.57 Å². The lowest BCUT2D eigenvalue weighted by atomic mass is 9.82. The summed E-state index contributed by atoms with van der Waals surface area (Å²) in [6, 6.07) is 82.2. The van der Waals surface area contributed by atoms with Gasteiger partial charge in [-0.05, 0) is 123 Å². The normalized spacial score (nSPS) is 12.6. The van der Waals surface area contributed by atoms with Crippen LogP contribution in [0.2, 0.25) is 0 Å². The first-order valence-corrected chi connectivity index (χ1v) is 21.6. The molecule has 9 aromatic carbocycles. The number of rotatable bonds is 8. The maximum atomic E-state index is 2.45. The van der Waals surface area contributed by atoms with Gasteiger partial charge in [0.15, 0.2) is 0 Å². The summed E-state index contributed by atoms with van der Waals surface area (Å²) in [5, 5.41) is 1.21. The van der Waals surface area contributed by atoms with Gasteiger partial charge < -0.3 is 9.47 Å². The first kappa shape index (κ1) is 37.3. The highest BCUT2D eigenvalue weighted by atomic mass is 15.1. The Labute approximate surface area is 364 Å². The molecule has 1 aromatic heterocycles. The minimum Gasteiger partial charge on any atom is -0.310 e. The van der Waals surface area contributed by atoms with Crippen molar-refractivity contribution in [3.8, 4) is 61.5 Å². The number of anilines is 3. The fraction of sp³-hybridized carbons (Fsp3) is 0.0667. The highest BCUT2D eigenvalue weighted by Gasteiger charge is 2.35. The number of fused-ring (bicyclic) bond motifs is 4. The average molecular weight is 795 g/mol. The number of benzene rings is 9. The second-order valence-electron chi connectivity index (χ2n) is 17.1. The number of nitrogens with zero attached hydrogens (tertiary/aromatic N) is 2. The monoisotopic (exact) mass is 794 g/mol. The molecule has 1 aliphatic carbocycles. The standard InChI is InChI=1S/C60H46N2/c1-41-23-30-48(31-24-41)61(51-36-37-53-52-21-13-14-22-55(52)60(2,3)56(53)40-51)49-32-27-44(28-33-49)47-29-38-57-54(39-47)58(45-17-9-5-10-18-45)59(46-19-11-6-12-20-46)62(57)50-34-25-43(26-35-50)42-15-7-4-8-16-42/h4-40H,1-3H3. The molecule has 11 rings (SSSR count). The van der Waals surface area contributed by atoms with Crippen molar-refractivity contribution in [3.63, 3.8) is 0 Å². The van der Waals surface area contributed by atoms with Crippen LogP contribution in [0.5, 0.6) is 0 Å². The lowest BCUT2D eigenvalue weighted by Crippen LogP contribution is -2.16. The third-order valence-electron chi connectivity index (χ3n) is 12.9. The predicted octanol–water partition coefficient (Wildman–Crippen LogP) is 16.4. The molecule has 0 radical (unpaired) electrons. The van der Waals surface area contributed by atoms with Gasteiger partial charge in [0.1, 0.15) is 0 Å². The van der Waals surface area contributed by atoms with E-state index in [1.807, 2.05) is 0 Å². The summed E-state index contributed by atoms with van der Waals surface area (Å²) in [5.41, 5.74) is 21.8. The largest absolute Gasteiger partial charge is 0.310 e. The molecule has 0 fully saturated rings. The predicted molar refractivity (Wildman–Crippen MR) is 262 cm³/mol. The molecule has 0 atom stereocenters. The summed E-state index contributed by atoms with van der Waals surface area (Å²) in [6.45, 7) is 6.85. The molecule has 0 spiro atoms. The smallest absolute Gasteiger partial charge is 0.0619 e. The van der Waals surface area contributed by atoms with Crippen molar-refractivity contribution in [2.45, 2.75) is 26.2 Å². The highest BCUT2D eigenvalue weighted by molar-refractivity contribution is 6.07. The Hall–Kier alpha value is -7.68. The van der Waals surface area contributed by atoms with E-state index in [0.717, 1.165) is 22.7 Å². The van der Waals surface area contributed by atoms with E-state index in [1.165, 1.54) is 83.4 Å². The highest BCUT2D eigenvalue weighted by Crippen LogP contribution is 2.51. The Morgan fingerprint density at radius 1 is 0.387 bits per heavy atom. The van der Waals surface area contributed by atoms with E-state index in [9.17, 15) is 0 Å². The summed E-state index contributed by atoms with van der Waals surface area (Å²) in [6.07, 6.45) is 0. The van der Waals surface area contributed by atoms with Crippen LogP contribution in [0.4, 0.5) is 17.1 Å². The third-order valence-corrected chi connectivity index (χ3v) is 12.9. The van der Waals surface area contributed by atoms with E-state index in [0.29, 0.717) is 0 Å². The van der Waals surface area contributed by atoms with Gasteiger partial charge in [-0.2, -0.15) is 0 Å². The zero-order valence-electron chi connectivity index (χ0n) is 35.3. The van der Waals surface area contributed by atoms with Gasteiger partial charge in [-0.25, -0.2) is 0 Å². The lowest BCUT2D eigenvalue weighted by molar-refractivity contribution is 0.660. The maximum Gasteiger partial charge on any atom is 0.0619 e. The molecule has 10 aromatic rings. The van der Waals surface area contributed by atoms with Crippen molar-refractivity contribution in [3.05, 3.63) is 241 Å². The Kier molecular flexibility index (Phi) is 9.09. The molecule has 62 heavy (non-hydrogen) atoms. The van der Waals surface area contributed by atoms with Crippen LogP contribution in [-0.2, 0) is 5.41 Å². The minimum absolute atomic E-state index is 0.0903. The van der Waals surface area contributed by atoms with Gasteiger partial charge >= 0.3 is 0 Å². The Morgan fingerprint density at radius 2 is 0.887 bits per heavy atom. The van der Waals surface area contributed by atoms with Gasteiger partial charge in [0, 0.05) is 39.1 Å². The zero-order chi connectivity index (χ0) is 41.8. The molecule has 1 aliphatic rings. The molecule has 0 aliphatic heterocycles. The molecule has 0 amide bonds. The molecule has 2 heteroatoms. The number of hydrogen-bond donors (Lipinski definition) is 0. The van der Waals surface area contributed by atoms with E-state index < -0.39 is 0 Å². The topological polar surface area (TPSA) is 8.17 Å². The van der Waals surface area contributed by atoms with Crippen LogP contribution in [0.25, 0.3) is 72.4 Å². The van der Waals surface area contributed by atoms with Crippen LogP contribution in [0.1, 0.15) is 30.5 Å². The van der Waals surface area contributed by atoms with E-state index in [2.05, 4.69) is 255 Å². The van der Waals surface area contributed by atoms with Gasteiger partial charge in [0.05, 0.1) is 11.2 Å². The third kappa shape index (κ3) is 6.35. The summed E-state index contributed by atoms with van der Waals surface area (Å²) in [4.78, 5) is 2.40. The number of aromatic nitrogens is 1. The lowest BCUT2D eigenvalue weighted by Gasteiger charge is -2.28. The van der Waals surface area contributed by atoms with Crippen molar-refractivity contribution < 1.29 is 0 Å². The Bertz CT molecular complexity index is 3210. The van der Waals surface area contributed by atoms with Gasteiger partial charge in [0.25, 0.3) is 0 Å². The van der Waals surface area contributed by atoms with Crippen molar-refractivity contribution in [2.75, 3.05) is 4.90 Å². The average Bonchev–Trinajstić information content (AvgIpc) is 3.79. The van der Waals surface area contributed by atoms with Crippen LogP contribution < -0.4 is 4.90 Å². The second-order valence-corrected chi connectivity index (χ2v) is 17.1. The van der Waals surface area contributed by atoms with Crippen LogP contribution in [0.3, 0.4) is 0 Å². The van der Waals surface area contributed by atoms with Crippen molar-refractivity contribution in [2.24, 2.45) is 0 Å². The van der Waals surface area contributed by atoms with Gasteiger partial charge in [-0.3, -0.25) is 0 Å². The maximum absolute atomic E-state index is 2.45. The summed E-state index contributed by atoms with van der Waals surface area (Å²) in [7, 11) is 0. The molecule has 1 heterocycles. The van der Waals surface area contributed by atoms with Crippen LogP contribution in [0, 0.1) is 6.92 Å². The van der Waals surface area contributed by atoms with Crippen LogP contribution in [0.15, 0.2) is 224 Å². The molecular formula is C60H46N2. The Morgan fingerprint density at radius 3 is 1.56 bits per heavy atom. The molecule has 0 saturated heterocycles. The molecule has 2 nitrogen and oxygen atoms in total. The van der Waals surface area contributed by atoms with Crippen molar-refractivity contribution >= 4 is 28.0 Å². The first-order valence-electron chi connectivity index (χ1n) is 21.6. The van der Waals surface area contributed by atoms with Gasteiger partial charge in [-0.15, -0.1) is 0 Å². The minimum atomic E-state index is -0.0903. The van der Waals surface area contributed by atoms with E-state index >= 15 is 0 Å². The van der Waals surface area contributed by atoms with Crippen molar-refractivity contribution in [1.29, 1.82) is 0 Å². The van der Waals surface area contributed by atoms with Gasteiger partial charge in [0.2, 0.25) is 0 Å². The molecule has 0 unspecified atom stereocenters. The summed E-state index contributed by atoms with van der Waals surface area (Å²) < 4.78 is 2.45. The van der Waals surface area contributed by atoms with E-state index in [-0.39, 0.29) is 5.41 Å². The molecular weight excluding hydrogens is 749 g/mol. The molecule has 0 saturated carbocycles. The summed E-state index contributed by atoms with van der Waals surface area (Å²) >= 11 is 0. The van der Waals surface area contributed by atoms with Crippen LogP contribution in [-0.4, -0.2) is 4.57 Å². The SMILES string of the molecule is Cc1ccc(N(c2ccc(-c3ccc4c(c3)c(-c3ccccc3)c(-c3ccccc3)n4-c3ccc(-c4ccccc4)cc3)cc2)c2ccc3c(c2)C(C)(C)c2ccccc2-3)cc1. The van der Waals surface area contributed by atoms with Gasteiger partial charge in [-0.1, -0.05) is 183 Å². The molecule has 0 N–H and O–H groups in total. The number of hydrogen-bond acceptors (Lipinski definition) is 1. The summed E-state index contributed by atoms with van der Waals surface area (Å²) in [5.74, 6) is 0. The second kappa shape index (κ2) is 15.1. The quantitative estimate of drug-likeness (QED) is 0.149. The molecule has 0 bridgehead atoms. The van der Waals surface area contributed by atoms with Crippen LogP contribution >= 0.6 is 0 Å².